The number of carboxylic acids is 2. The van der Waals surface area contributed by atoms with Gasteiger partial charge in [-0.2, -0.15) is 0 Å². The first kappa shape index (κ1) is 25.5. The van der Waals surface area contributed by atoms with E-state index in [1.165, 1.54) is 13.8 Å². The number of aromatic carboxylic acids is 1. The molecule has 4 rings (SSSR count). The number of aryl methyl sites for hydroxylation is 1. The summed E-state index contributed by atoms with van der Waals surface area (Å²) in [6.07, 6.45) is 0.511. The van der Waals surface area contributed by atoms with E-state index in [1.807, 2.05) is 31.2 Å². The molecule has 8 heteroatoms. The number of hydrogen-bond donors (Lipinski definition) is 2. The SMILES string of the molecule is Cc1oc(-c2cccc(-c3ccc(C(=O)O)cc3)c2)nc1CCOc1cccc(OC(C)(C)C(=O)O)c1. The minimum Gasteiger partial charge on any atom is -0.493 e. The molecule has 37 heavy (non-hydrogen) atoms. The predicted octanol–water partition coefficient (Wildman–Crippen LogP) is 5.88. The molecule has 1 heterocycles. The molecule has 0 radical (unpaired) electrons. The van der Waals surface area contributed by atoms with Crippen LogP contribution < -0.4 is 9.47 Å². The Kier molecular flexibility index (Phi) is 7.29. The number of oxazole rings is 1. The van der Waals surface area contributed by atoms with E-state index >= 15 is 0 Å². The minimum absolute atomic E-state index is 0.235. The lowest BCUT2D eigenvalue weighted by Gasteiger charge is -2.21. The normalized spacial score (nSPS) is 11.2. The second-order valence-electron chi connectivity index (χ2n) is 8.98. The van der Waals surface area contributed by atoms with E-state index in [2.05, 4.69) is 4.98 Å². The van der Waals surface area contributed by atoms with Gasteiger partial charge in [-0.15, -0.1) is 0 Å². The van der Waals surface area contributed by atoms with Crippen molar-refractivity contribution in [3.05, 3.63) is 89.8 Å². The summed E-state index contributed by atoms with van der Waals surface area (Å²) >= 11 is 0. The molecule has 3 aromatic carbocycles. The van der Waals surface area contributed by atoms with Gasteiger partial charge in [-0.25, -0.2) is 14.6 Å². The number of benzene rings is 3. The lowest BCUT2D eigenvalue weighted by molar-refractivity contribution is -0.152. The number of aliphatic carboxylic acids is 1. The summed E-state index contributed by atoms with van der Waals surface area (Å²) in [5.74, 6) is 0.120. The molecule has 190 valence electrons. The van der Waals surface area contributed by atoms with Gasteiger partial charge in [0.25, 0.3) is 0 Å². The molecule has 0 atom stereocenters. The Bertz CT molecular complexity index is 1420. The fourth-order valence-electron chi connectivity index (χ4n) is 3.65. The summed E-state index contributed by atoms with van der Waals surface area (Å²) in [5.41, 5.74) is 2.27. The van der Waals surface area contributed by atoms with Gasteiger partial charge in [0.1, 0.15) is 17.3 Å². The lowest BCUT2D eigenvalue weighted by atomic mass is 10.0. The molecule has 2 N–H and O–H groups in total. The van der Waals surface area contributed by atoms with Gasteiger partial charge < -0.3 is 24.1 Å². The third-order valence-electron chi connectivity index (χ3n) is 5.77. The average molecular weight is 502 g/mol. The van der Waals surface area contributed by atoms with E-state index in [0.29, 0.717) is 36.2 Å². The average Bonchev–Trinajstić information content (AvgIpc) is 3.24. The zero-order valence-corrected chi connectivity index (χ0v) is 20.7. The third-order valence-corrected chi connectivity index (χ3v) is 5.77. The second-order valence-corrected chi connectivity index (χ2v) is 8.98. The smallest absolute Gasteiger partial charge is 0.347 e. The fraction of sp³-hybridized carbons (Fsp3) is 0.207. The van der Waals surface area contributed by atoms with E-state index in [1.54, 1.807) is 48.5 Å². The van der Waals surface area contributed by atoms with Crippen molar-refractivity contribution in [1.82, 2.24) is 4.98 Å². The Balaban J connectivity index is 1.42. The van der Waals surface area contributed by atoms with E-state index in [0.717, 1.165) is 22.4 Å². The number of aromatic nitrogens is 1. The Hall–Kier alpha value is -4.59. The first-order valence-corrected chi connectivity index (χ1v) is 11.7. The highest BCUT2D eigenvalue weighted by molar-refractivity contribution is 5.88. The summed E-state index contributed by atoms with van der Waals surface area (Å²) in [6.45, 7) is 5.16. The van der Waals surface area contributed by atoms with E-state index in [9.17, 15) is 14.7 Å². The van der Waals surface area contributed by atoms with Gasteiger partial charge >= 0.3 is 11.9 Å². The van der Waals surface area contributed by atoms with Crippen LogP contribution in [0.2, 0.25) is 0 Å². The number of carbonyl (C=O) groups is 2. The highest BCUT2D eigenvalue weighted by Crippen LogP contribution is 2.28. The molecule has 1 aromatic heterocycles. The van der Waals surface area contributed by atoms with Crippen LogP contribution in [-0.4, -0.2) is 39.3 Å². The first-order chi connectivity index (χ1) is 17.6. The van der Waals surface area contributed by atoms with Crippen LogP contribution in [0.5, 0.6) is 11.5 Å². The molecular formula is C29H27NO7. The Morgan fingerprint density at radius 1 is 0.892 bits per heavy atom. The second kappa shape index (κ2) is 10.6. The molecule has 0 saturated heterocycles. The van der Waals surface area contributed by atoms with Crippen LogP contribution in [0.1, 0.15) is 35.7 Å². The highest BCUT2D eigenvalue weighted by Gasteiger charge is 2.29. The molecule has 0 fully saturated rings. The zero-order valence-electron chi connectivity index (χ0n) is 20.7. The molecule has 0 aliphatic heterocycles. The van der Waals surface area contributed by atoms with Crippen molar-refractivity contribution in [2.24, 2.45) is 0 Å². The quantitative estimate of drug-likeness (QED) is 0.277. The van der Waals surface area contributed by atoms with Gasteiger partial charge in [-0.05, 0) is 68.3 Å². The fourth-order valence-corrected chi connectivity index (χ4v) is 3.65. The maximum Gasteiger partial charge on any atom is 0.347 e. The standard InChI is InChI=1S/C29H27NO7/c1-18-25(14-15-35-23-8-5-9-24(17-23)37-29(2,3)28(33)34)30-26(36-18)22-7-4-6-21(16-22)19-10-12-20(13-11-19)27(31)32/h4-13,16-17H,14-15H2,1-3H3,(H,31,32)(H,33,34). The van der Waals surface area contributed by atoms with Gasteiger partial charge in [0.05, 0.1) is 17.9 Å². The monoisotopic (exact) mass is 501 g/mol. The molecule has 4 aromatic rings. The van der Waals surface area contributed by atoms with Gasteiger partial charge in [-0.1, -0.05) is 30.3 Å². The maximum absolute atomic E-state index is 11.3. The molecule has 0 aliphatic carbocycles. The van der Waals surface area contributed by atoms with Gasteiger partial charge in [0.15, 0.2) is 5.60 Å². The maximum atomic E-state index is 11.3. The lowest BCUT2D eigenvalue weighted by Crippen LogP contribution is -2.37. The summed E-state index contributed by atoms with van der Waals surface area (Å²) in [7, 11) is 0. The largest absolute Gasteiger partial charge is 0.493 e. The minimum atomic E-state index is -1.36. The molecule has 0 unspecified atom stereocenters. The Labute approximate surface area is 214 Å². The van der Waals surface area contributed by atoms with Gasteiger partial charge in [0.2, 0.25) is 5.89 Å². The summed E-state index contributed by atoms with van der Waals surface area (Å²) in [4.78, 5) is 27.1. The van der Waals surface area contributed by atoms with Gasteiger partial charge in [0, 0.05) is 18.1 Å². The van der Waals surface area contributed by atoms with Crippen LogP contribution >= 0.6 is 0 Å². The van der Waals surface area contributed by atoms with Crippen molar-refractivity contribution in [3.63, 3.8) is 0 Å². The van der Waals surface area contributed by atoms with Crippen molar-refractivity contribution in [1.29, 1.82) is 0 Å². The van der Waals surface area contributed by atoms with Crippen LogP contribution in [-0.2, 0) is 11.2 Å². The molecule has 8 nitrogen and oxygen atoms in total. The van der Waals surface area contributed by atoms with Gasteiger partial charge in [-0.3, -0.25) is 0 Å². The molecule has 0 spiro atoms. The predicted molar refractivity (Wildman–Crippen MR) is 137 cm³/mol. The Morgan fingerprint density at radius 2 is 1.57 bits per heavy atom. The van der Waals surface area contributed by atoms with Crippen molar-refractivity contribution >= 4 is 11.9 Å². The topological polar surface area (TPSA) is 119 Å². The van der Waals surface area contributed by atoms with E-state index < -0.39 is 17.5 Å². The van der Waals surface area contributed by atoms with E-state index in [-0.39, 0.29) is 5.56 Å². The van der Waals surface area contributed by atoms with Crippen LogP contribution in [0.25, 0.3) is 22.6 Å². The van der Waals surface area contributed by atoms with Crippen molar-refractivity contribution < 1.29 is 33.7 Å². The van der Waals surface area contributed by atoms with Crippen LogP contribution in [0.4, 0.5) is 0 Å². The van der Waals surface area contributed by atoms with Crippen LogP contribution in [0.3, 0.4) is 0 Å². The first-order valence-electron chi connectivity index (χ1n) is 11.7. The molecule has 0 saturated carbocycles. The number of carboxylic acid groups (broad SMARTS) is 2. The summed E-state index contributed by atoms with van der Waals surface area (Å²) < 4.78 is 17.3. The zero-order chi connectivity index (χ0) is 26.6. The Morgan fingerprint density at radius 3 is 2.27 bits per heavy atom. The molecular weight excluding hydrogens is 474 g/mol. The highest BCUT2D eigenvalue weighted by atomic mass is 16.5. The summed E-state index contributed by atoms with van der Waals surface area (Å²) in [6, 6.07) is 21.2. The molecule has 0 aliphatic rings. The van der Waals surface area contributed by atoms with Crippen molar-refractivity contribution in [2.75, 3.05) is 6.61 Å². The van der Waals surface area contributed by atoms with Crippen LogP contribution in [0.15, 0.2) is 77.2 Å². The number of hydrogen-bond acceptors (Lipinski definition) is 6. The number of rotatable bonds is 10. The number of nitrogens with zero attached hydrogens (tertiary/aromatic N) is 1. The third kappa shape index (κ3) is 6.16. The number of ether oxygens (including phenoxy) is 2. The van der Waals surface area contributed by atoms with E-state index in [4.69, 9.17) is 19.0 Å². The van der Waals surface area contributed by atoms with Crippen LogP contribution in [0, 0.1) is 6.92 Å². The van der Waals surface area contributed by atoms with Crippen molar-refractivity contribution in [2.45, 2.75) is 32.8 Å². The molecule has 0 amide bonds. The van der Waals surface area contributed by atoms with Crippen molar-refractivity contribution in [3.8, 4) is 34.1 Å². The summed E-state index contributed by atoms with van der Waals surface area (Å²) in [5, 5.41) is 18.4. The molecule has 0 bridgehead atoms.